The summed E-state index contributed by atoms with van der Waals surface area (Å²) in [5.74, 6) is -0.397. The predicted molar refractivity (Wildman–Crippen MR) is 225 cm³/mol. The summed E-state index contributed by atoms with van der Waals surface area (Å²) < 4.78 is 5.38. The number of anilines is 1. The van der Waals surface area contributed by atoms with Gasteiger partial charge in [-0.1, -0.05) is 30.3 Å². The lowest BCUT2D eigenvalue weighted by atomic mass is 9.81. The number of aromatic nitrogens is 4. The third kappa shape index (κ3) is 12.3. The maximum absolute atomic E-state index is 13.8. The van der Waals surface area contributed by atoms with Gasteiger partial charge in [0.25, 0.3) is 5.91 Å². The largest absolute Gasteiger partial charge is 0.465 e. The Morgan fingerprint density at radius 2 is 1.48 bits per heavy atom. The minimum atomic E-state index is -1.06. The first-order chi connectivity index (χ1) is 28.7. The summed E-state index contributed by atoms with van der Waals surface area (Å²) in [6, 6.07) is 19.6. The molecular weight excluding hydrogens is 767 g/mol. The number of benzene rings is 3. The first kappa shape index (κ1) is 43.3. The van der Waals surface area contributed by atoms with Gasteiger partial charge < -0.3 is 36.4 Å². The molecule has 0 bridgehead atoms. The molecule has 6 rings (SSSR count). The van der Waals surface area contributed by atoms with Crippen LogP contribution in [-0.2, 0) is 20.7 Å². The molecule has 1 aromatic heterocycles. The molecule has 4 aromatic rings. The molecule has 60 heavy (non-hydrogen) atoms. The molecule has 2 fully saturated rings. The van der Waals surface area contributed by atoms with Crippen molar-refractivity contribution in [3.63, 3.8) is 0 Å². The second-order valence-corrected chi connectivity index (χ2v) is 16.9. The highest BCUT2D eigenvalue weighted by Crippen LogP contribution is 2.30. The van der Waals surface area contributed by atoms with E-state index in [0.29, 0.717) is 49.3 Å². The Balaban J connectivity index is 1.07. The number of alkyl carbamates (subject to hydrolysis) is 1. The van der Waals surface area contributed by atoms with Gasteiger partial charge in [-0.15, -0.1) is 10.2 Å². The van der Waals surface area contributed by atoms with Crippen LogP contribution in [0.4, 0.5) is 15.3 Å². The molecule has 16 nitrogen and oxygen atoms in total. The van der Waals surface area contributed by atoms with Crippen LogP contribution in [0, 0.1) is 18.8 Å². The summed E-state index contributed by atoms with van der Waals surface area (Å²) >= 11 is 0. The third-order valence-corrected chi connectivity index (χ3v) is 11.1. The molecule has 1 heterocycles. The van der Waals surface area contributed by atoms with Crippen molar-refractivity contribution in [1.29, 1.82) is 0 Å². The number of aromatic amines is 1. The monoisotopic (exact) mass is 821 g/mol. The summed E-state index contributed by atoms with van der Waals surface area (Å²) in [5.41, 5.74) is 4.97. The van der Waals surface area contributed by atoms with Crippen molar-refractivity contribution in [3.8, 4) is 22.5 Å². The Kier molecular flexibility index (Phi) is 14.1. The van der Waals surface area contributed by atoms with Gasteiger partial charge in [-0.2, -0.15) is 5.21 Å². The molecule has 0 saturated heterocycles. The van der Waals surface area contributed by atoms with Crippen molar-refractivity contribution in [3.05, 3.63) is 83.4 Å². The zero-order valence-corrected chi connectivity index (χ0v) is 34.5. The minimum Gasteiger partial charge on any atom is -0.465 e. The molecule has 7 N–H and O–H groups in total. The lowest BCUT2D eigenvalue weighted by molar-refractivity contribution is -0.130. The van der Waals surface area contributed by atoms with Gasteiger partial charge >= 0.3 is 12.2 Å². The maximum atomic E-state index is 13.8. The maximum Gasteiger partial charge on any atom is 0.407 e. The van der Waals surface area contributed by atoms with E-state index in [-0.39, 0.29) is 48.1 Å². The number of H-pyrrole nitrogens is 1. The molecule has 3 aromatic carbocycles. The smallest absolute Gasteiger partial charge is 0.407 e. The van der Waals surface area contributed by atoms with Gasteiger partial charge in [-0.05, 0) is 149 Å². The van der Waals surface area contributed by atoms with Gasteiger partial charge in [-0.25, -0.2) is 9.59 Å². The van der Waals surface area contributed by atoms with Crippen LogP contribution in [0.1, 0.15) is 93.6 Å². The Hall–Kier alpha value is -6.32. The fourth-order valence-electron chi connectivity index (χ4n) is 7.89. The number of hydrogen-bond donors (Lipinski definition) is 7. The Bertz CT molecular complexity index is 2100. The van der Waals surface area contributed by atoms with Crippen molar-refractivity contribution in [2.45, 2.75) is 109 Å². The molecule has 318 valence electrons. The summed E-state index contributed by atoms with van der Waals surface area (Å²) in [5, 5.41) is 37.5. The zero-order chi connectivity index (χ0) is 42.8. The predicted octanol–water partition coefficient (Wildman–Crippen LogP) is 6.15. The van der Waals surface area contributed by atoms with Crippen LogP contribution in [0.2, 0.25) is 0 Å². The Labute approximate surface area is 349 Å². The van der Waals surface area contributed by atoms with E-state index in [1.165, 1.54) is 0 Å². The molecule has 0 unspecified atom stereocenters. The standard InChI is InChI=1S/C44H55N9O7/c1-26-23-32(40(55)46-34-18-20-35(21-19-34)48-43(59)60-44(2,3)4)15-22-36(26)29-9-5-27(6-10-29)24-37(49-39(54)31-11-7-28(8-12-31)25-45-42(57)58)41(56)47-33-16-13-30(14-17-33)38-50-52-53-51-38/h5-6,9-10,13-17,22-23,28,31,34-35,37,45H,7-8,11-12,18-21,24-25H2,1-4H3,(H,46,55)(H,47,56)(H,48,59)(H,49,54)(H,57,58)(H,50,51,52,53)/t28?,31?,34?,35?,37-/m0/s1. The Morgan fingerprint density at radius 1 is 0.833 bits per heavy atom. The normalized spacial score (nSPS) is 19.6. The zero-order valence-electron chi connectivity index (χ0n) is 34.5. The summed E-state index contributed by atoms with van der Waals surface area (Å²) in [7, 11) is 0. The van der Waals surface area contributed by atoms with Crippen LogP contribution >= 0.6 is 0 Å². The number of carbonyl (C=O) groups is 5. The van der Waals surface area contributed by atoms with Crippen molar-refractivity contribution in [1.82, 2.24) is 41.9 Å². The molecular formula is C44H55N9O7. The highest BCUT2D eigenvalue weighted by atomic mass is 16.6. The SMILES string of the molecule is Cc1cc(C(=O)NC2CCC(NC(=O)OC(C)(C)C)CC2)ccc1-c1ccc(C[C@H](NC(=O)C2CCC(CNC(=O)O)CC2)C(=O)Nc2ccc(-c3nn[nH]n3)cc2)cc1. The quantitative estimate of drug-likeness (QED) is 0.0814. The fraction of sp³-hybridized carbons (Fsp3) is 0.455. The molecule has 16 heteroatoms. The van der Waals surface area contributed by atoms with E-state index in [1.54, 1.807) is 24.3 Å². The molecule has 2 saturated carbocycles. The lowest BCUT2D eigenvalue weighted by Crippen LogP contribution is -2.48. The number of tetrazole rings is 1. The van der Waals surface area contributed by atoms with Gasteiger partial charge in [-0.3, -0.25) is 14.4 Å². The number of hydrogen-bond acceptors (Lipinski definition) is 9. The molecule has 5 amide bonds. The first-order valence-corrected chi connectivity index (χ1v) is 20.6. The van der Waals surface area contributed by atoms with E-state index < -0.39 is 23.8 Å². The second kappa shape index (κ2) is 19.6. The van der Waals surface area contributed by atoms with E-state index >= 15 is 0 Å². The highest BCUT2D eigenvalue weighted by Gasteiger charge is 2.30. The van der Waals surface area contributed by atoms with E-state index in [1.807, 2.05) is 70.2 Å². The van der Waals surface area contributed by atoms with Crippen LogP contribution in [0.15, 0.2) is 66.7 Å². The number of rotatable bonds is 13. The van der Waals surface area contributed by atoms with Crippen molar-refractivity contribution in [2.75, 3.05) is 11.9 Å². The van der Waals surface area contributed by atoms with Crippen molar-refractivity contribution >= 4 is 35.6 Å². The minimum absolute atomic E-state index is 0.0169. The van der Waals surface area contributed by atoms with E-state index in [9.17, 15) is 24.0 Å². The summed E-state index contributed by atoms with van der Waals surface area (Å²) in [4.78, 5) is 63.8. The lowest BCUT2D eigenvalue weighted by Gasteiger charge is -2.30. The van der Waals surface area contributed by atoms with Gasteiger partial charge in [0.2, 0.25) is 17.6 Å². The van der Waals surface area contributed by atoms with Crippen LogP contribution in [-0.4, -0.2) is 85.9 Å². The van der Waals surface area contributed by atoms with Gasteiger partial charge in [0.05, 0.1) is 0 Å². The van der Waals surface area contributed by atoms with Gasteiger partial charge in [0.15, 0.2) is 0 Å². The molecule has 0 aliphatic heterocycles. The second-order valence-electron chi connectivity index (χ2n) is 16.9. The Morgan fingerprint density at radius 3 is 2.08 bits per heavy atom. The summed E-state index contributed by atoms with van der Waals surface area (Å²) in [6.07, 6.45) is 4.43. The highest BCUT2D eigenvalue weighted by molar-refractivity contribution is 5.98. The number of ether oxygens (including phenoxy) is 1. The van der Waals surface area contributed by atoms with Gasteiger partial charge in [0.1, 0.15) is 11.6 Å². The molecule has 0 spiro atoms. The van der Waals surface area contributed by atoms with E-state index in [4.69, 9.17) is 9.84 Å². The number of carbonyl (C=O) groups excluding carboxylic acids is 4. The van der Waals surface area contributed by atoms with E-state index in [2.05, 4.69) is 47.2 Å². The van der Waals surface area contributed by atoms with Crippen LogP contribution in [0.3, 0.4) is 0 Å². The number of nitrogens with one attached hydrogen (secondary N) is 6. The summed E-state index contributed by atoms with van der Waals surface area (Å²) in [6.45, 7) is 7.82. The number of aryl methyl sites for hydroxylation is 1. The van der Waals surface area contributed by atoms with Crippen molar-refractivity contribution < 1.29 is 33.8 Å². The molecule has 2 aliphatic rings. The molecule has 2 aliphatic carbocycles. The van der Waals surface area contributed by atoms with Crippen LogP contribution in [0.25, 0.3) is 22.5 Å². The van der Waals surface area contributed by atoms with Crippen LogP contribution in [0.5, 0.6) is 0 Å². The topological polar surface area (TPSA) is 229 Å². The first-order valence-electron chi connectivity index (χ1n) is 20.6. The molecule has 1 atom stereocenters. The van der Waals surface area contributed by atoms with E-state index in [0.717, 1.165) is 53.5 Å². The number of carboxylic acid groups (broad SMARTS) is 1. The number of amides is 5. The average Bonchev–Trinajstić information content (AvgIpc) is 3.76. The number of nitrogens with zero attached hydrogens (tertiary/aromatic N) is 3. The third-order valence-electron chi connectivity index (χ3n) is 11.1. The van der Waals surface area contributed by atoms with Crippen molar-refractivity contribution in [2.24, 2.45) is 11.8 Å². The van der Waals surface area contributed by atoms with Gasteiger partial charge in [0, 0.05) is 47.8 Å². The van der Waals surface area contributed by atoms with Crippen LogP contribution < -0.4 is 26.6 Å². The fourth-order valence-corrected chi connectivity index (χ4v) is 7.89. The molecule has 0 radical (unpaired) electrons. The average molecular weight is 822 g/mol.